The molecular weight excluding hydrogens is 375 g/mol. The number of hydrazone groups is 1. The van der Waals surface area contributed by atoms with Crippen molar-refractivity contribution in [3.63, 3.8) is 0 Å². The Hall–Kier alpha value is -2.86. The number of fused-ring (bicyclic) bond motifs is 1. The average molecular weight is 397 g/mol. The van der Waals surface area contributed by atoms with E-state index in [1.807, 2.05) is 11.1 Å². The monoisotopic (exact) mass is 397 g/mol. The minimum Gasteiger partial charge on any atom is -0.295 e. The molecule has 0 saturated carbocycles. The molecule has 0 aliphatic carbocycles. The fourth-order valence-corrected chi connectivity index (χ4v) is 3.69. The van der Waals surface area contributed by atoms with E-state index in [9.17, 15) is 13.2 Å². The van der Waals surface area contributed by atoms with E-state index < -0.39 is 11.7 Å². The van der Waals surface area contributed by atoms with Crippen molar-refractivity contribution in [3.05, 3.63) is 83.4 Å². The largest absolute Gasteiger partial charge is 0.417 e. The van der Waals surface area contributed by atoms with Gasteiger partial charge in [-0.05, 0) is 22.4 Å². The van der Waals surface area contributed by atoms with Crippen LogP contribution in [0.15, 0.2) is 71.8 Å². The van der Waals surface area contributed by atoms with Gasteiger partial charge in [0.05, 0.1) is 11.8 Å². The third-order valence-corrected chi connectivity index (χ3v) is 5.25. The van der Waals surface area contributed by atoms with Gasteiger partial charge in [-0.1, -0.05) is 60.7 Å². The number of benzene rings is 3. The van der Waals surface area contributed by atoms with E-state index in [1.165, 1.54) is 34.7 Å². The third-order valence-electron chi connectivity index (χ3n) is 5.25. The lowest BCUT2D eigenvalue weighted by Gasteiger charge is -2.33. The zero-order valence-corrected chi connectivity index (χ0v) is 15.9. The molecule has 1 heterocycles. The van der Waals surface area contributed by atoms with Crippen LogP contribution in [0.25, 0.3) is 10.8 Å². The van der Waals surface area contributed by atoms with Gasteiger partial charge in [-0.25, -0.2) is 0 Å². The Morgan fingerprint density at radius 1 is 0.828 bits per heavy atom. The molecule has 0 aromatic heterocycles. The highest BCUT2D eigenvalue weighted by Gasteiger charge is 2.32. The summed E-state index contributed by atoms with van der Waals surface area (Å²) in [5.41, 5.74) is 0.732. The first-order valence-electron chi connectivity index (χ1n) is 9.65. The van der Waals surface area contributed by atoms with Crippen LogP contribution in [0.2, 0.25) is 0 Å². The Labute approximate surface area is 168 Å². The molecule has 0 amide bonds. The summed E-state index contributed by atoms with van der Waals surface area (Å²) in [7, 11) is 0. The maximum Gasteiger partial charge on any atom is 0.417 e. The van der Waals surface area contributed by atoms with Crippen molar-refractivity contribution in [1.29, 1.82) is 0 Å². The fourth-order valence-electron chi connectivity index (χ4n) is 3.69. The van der Waals surface area contributed by atoms with Crippen molar-refractivity contribution in [2.75, 3.05) is 26.2 Å². The van der Waals surface area contributed by atoms with Crippen LogP contribution in [0.4, 0.5) is 13.2 Å². The van der Waals surface area contributed by atoms with E-state index in [1.54, 1.807) is 6.07 Å². The molecule has 29 heavy (non-hydrogen) atoms. The molecule has 1 aliphatic heterocycles. The molecule has 0 atom stereocenters. The summed E-state index contributed by atoms with van der Waals surface area (Å²) in [4.78, 5) is 2.36. The van der Waals surface area contributed by atoms with Crippen LogP contribution in [0, 0.1) is 0 Å². The third kappa shape index (κ3) is 4.59. The molecule has 0 bridgehead atoms. The molecule has 6 heteroatoms. The highest BCUT2D eigenvalue weighted by atomic mass is 19.4. The SMILES string of the molecule is FC(F)(F)c1ccccc1/C=N/N1CCN(Cc2cccc3ccccc23)CC1. The second-order valence-electron chi connectivity index (χ2n) is 7.20. The molecule has 1 aliphatic rings. The first-order chi connectivity index (χ1) is 14.0. The summed E-state index contributed by atoms with van der Waals surface area (Å²) in [6.07, 6.45) is -3.05. The molecular formula is C23H22F3N3. The number of hydrogen-bond acceptors (Lipinski definition) is 3. The summed E-state index contributed by atoms with van der Waals surface area (Å²) in [6, 6.07) is 20.2. The lowest BCUT2D eigenvalue weighted by Crippen LogP contribution is -2.43. The van der Waals surface area contributed by atoms with Crippen molar-refractivity contribution in [3.8, 4) is 0 Å². The predicted molar refractivity (Wildman–Crippen MR) is 110 cm³/mol. The molecule has 3 aromatic rings. The van der Waals surface area contributed by atoms with Gasteiger partial charge in [0.2, 0.25) is 0 Å². The first kappa shape index (κ1) is 19.5. The molecule has 1 fully saturated rings. The normalized spacial score (nSPS) is 16.0. The van der Waals surface area contributed by atoms with E-state index in [0.29, 0.717) is 13.1 Å². The number of piperazine rings is 1. The Morgan fingerprint density at radius 2 is 1.52 bits per heavy atom. The van der Waals surface area contributed by atoms with Gasteiger partial charge in [0.15, 0.2) is 0 Å². The fraction of sp³-hybridized carbons (Fsp3) is 0.261. The maximum absolute atomic E-state index is 13.1. The molecule has 3 nitrogen and oxygen atoms in total. The zero-order chi connectivity index (χ0) is 20.3. The van der Waals surface area contributed by atoms with Crippen LogP contribution >= 0.6 is 0 Å². The van der Waals surface area contributed by atoms with Gasteiger partial charge in [-0.15, -0.1) is 0 Å². The van der Waals surface area contributed by atoms with Gasteiger partial charge in [0.25, 0.3) is 0 Å². The van der Waals surface area contributed by atoms with Crippen LogP contribution in [-0.2, 0) is 12.7 Å². The Kier molecular flexibility index (Phi) is 5.53. The quantitative estimate of drug-likeness (QED) is 0.577. The highest BCUT2D eigenvalue weighted by Crippen LogP contribution is 2.31. The molecule has 4 rings (SSSR count). The molecule has 0 N–H and O–H groups in total. The first-order valence-corrected chi connectivity index (χ1v) is 9.65. The Morgan fingerprint density at radius 3 is 2.31 bits per heavy atom. The molecule has 0 radical (unpaired) electrons. The summed E-state index contributed by atoms with van der Waals surface area (Å²) < 4.78 is 39.3. The van der Waals surface area contributed by atoms with E-state index in [4.69, 9.17) is 0 Å². The standard InChI is InChI=1S/C23H22F3N3/c24-23(25,26)22-11-4-2-7-19(22)16-27-29-14-12-28(13-15-29)17-20-9-5-8-18-6-1-3-10-21(18)20/h1-11,16H,12-15,17H2/b27-16+. The summed E-state index contributed by atoms with van der Waals surface area (Å²) in [5, 5.41) is 8.64. The van der Waals surface area contributed by atoms with Crippen molar-refractivity contribution in [1.82, 2.24) is 9.91 Å². The minimum absolute atomic E-state index is 0.0955. The van der Waals surface area contributed by atoms with Crippen molar-refractivity contribution in [2.24, 2.45) is 5.10 Å². The second kappa shape index (κ2) is 8.25. The number of rotatable bonds is 4. The van der Waals surface area contributed by atoms with Gasteiger partial charge in [0, 0.05) is 38.3 Å². The molecule has 3 aromatic carbocycles. The van der Waals surface area contributed by atoms with Crippen LogP contribution in [-0.4, -0.2) is 42.3 Å². The van der Waals surface area contributed by atoms with E-state index in [-0.39, 0.29) is 5.56 Å². The van der Waals surface area contributed by atoms with Crippen molar-refractivity contribution >= 4 is 17.0 Å². The smallest absolute Gasteiger partial charge is 0.295 e. The Balaban J connectivity index is 1.38. The number of alkyl halides is 3. The van der Waals surface area contributed by atoms with Crippen LogP contribution in [0.1, 0.15) is 16.7 Å². The van der Waals surface area contributed by atoms with Gasteiger partial charge < -0.3 is 0 Å². The van der Waals surface area contributed by atoms with Crippen LogP contribution in [0.3, 0.4) is 0 Å². The molecule has 0 unspecified atom stereocenters. The summed E-state index contributed by atoms with van der Waals surface area (Å²) in [6.45, 7) is 3.88. The maximum atomic E-state index is 13.1. The van der Waals surface area contributed by atoms with Gasteiger partial charge >= 0.3 is 6.18 Å². The van der Waals surface area contributed by atoms with Gasteiger partial charge in [0.1, 0.15) is 0 Å². The van der Waals surface area contributed by atoms with Gasteiger partial charge in [-0.2, -0.15) is 18.3 Å². The summed E-state index contributed by atoms with van der Waals surface area (Å²) in [5.74, 6) is 0. The van der Waals surface area contributed by atoms with Crippen LogP contribution < -0.4 is 0 Å². The highest BCUT2D eigenvalue weighted by molar-refractivity contribution is 5.85. The van der Waals surface area contributed by atoms with E-state index in [0.717, 1.165) is 25.7 Å². The van der Waals surface area contributed by atoms with E-state index in [2.05, 4.69) is 46.4 Å². The molecule has 150 valence electrons. The number of halogens is 3. The van der Waals surface area contributed by atoms with Crippen LogP contribution in [0.5, 0.6) is 0 Å². The minimum atomic E-state index is -4.38. The van der Waals surface area contributed by atoms with Crippen molar-refractivity contribution in [2.45, 2.75) is 12.7 Å². The summed E-state index contributed by atoms with van der Waals surface area (Å²) >= 11 is 0. The lowest BCUT2D eigenvalue weighted by molar-refractivity contribution is -0.137. The Bertz CT molecular complexity index is 1000. The zero-order valence-electron chi connectivity index (χ0n) is 15.9. The molecule has 0 spiro atoms. The average Bonchev–Trinajstić information content (AvgIpc) is 2.73. The predicted octanol–water partition coefficient (Wildman–Crippen LogP) is 5.01. The van der Waals surface area contributed by atoms with E-state index >= 15 is 0 Å². The van der Waals surface area contributed by atoms with Gasteiger partial charge in [-0.3, -0.25) is 9.91 Å². The lowest BCUT2D eigenvalue weighted by atomic mass is 10.0. The second-order valence-corrected chi connectivity index (χ2v) is 7.20. The number of nitrogens with zero attached hydrogens (tertiary/aromatic N) is 3. The van der Waals surface area contributed by atoms with Crippen molar-refractivity contribution < 1.29 is 13.2 Å². The number of hydrogen-bond donors (Lipinski definition) is 0. The topological polar surface area (TPSA) is 18.8 Å². The molecule has 1 saturated heterocycles.